The Morgan fingerprint density at radius 3 is 2.36 bits per heavy atom. The van der Waals surface area contributed by atoms with Crippen molar-refractivity contribution in [2.45, 2.75) is 46.1 Å². The van der Waals surface area contributed by atoms with E-state index in [1.165, 1.54) is 0 Å². The summed E-state index contributed by atoms with van der Waals surface area (Å²) in [5.41, 5.74) is 0.367. The number of hydrogen-bond acceptors (Lipinski definition) is 4. The average molecular weight is 306 g/mol. The summed E-state index contributed by atoms with van der Waals surface area (Å²) in [5.74, 6) is 0.879. The first-order chi connectivity index (χ1) is 10.3. The molecule has 0 bridgehead atoms. The van der Waals surface area contributed by atoms with Crippen LogP contribution in [0.1, 0.15) is 46.1 Å². The van der Waals surface area contributed by atoms with Crippen LogP contribution < -0.4 is 9.47 Å². The summed E-state index contributed by atoms with van der Waals surface area (Å²) in [6, 6.07) is 5.47. The first kappa shape index (κ1) is 18.1. The lowest BCUT2D eigenvalue weighted by atomic mass is 10.2. The first-order valence-corrected chi connectivity index (χ1v) is 7.59. The molecule has 0 heterocycles. The van der Waals surface area contributed by atoms with Gasteiger partial charge in [0.25, 0.3) is 0 Å². The van der Waals surface area contributed by atoms with Gasteiger partial charge in [0, 0.05) is 6.07 Å². The van der Waals surface area contributed by atoms with Crippen molar-refractivity contribution in [1.82, 2.24) is 0 Å². The molecule has 122 valence electrons. The molecule has 0 saturated carbocycles. The van der Waals surface area contributed by atoms with E-state index >= 15 is 0 Å². The molecular formula is C18H26O4. The molecule has 4 heteroatoms. The van der Waals surface area contributed by atoms with Crippen LogP contribution in [0.15, 0.2) is 24.8 Å². The number of unbranched alkanes of at least 4 members (excludes halogenated alkanes) is 1. The van der Waals surface area contributed by atoms with E-state index in [1.54, 1.807) is 12.1 Å². The van der Waals surface area contributed by atoms with Crippen LogP contribution in [0.4, 0.5) is 0 Å². The van der Waals surface area contributed by atoms with E-state index < -0.39 is 11.6 Å². The second kappa shape index (κ2) is 8.47. The second-order valence-electron chi connectivity index (χ2n) is 6.02. The number of carbonyl (C=O) groups excluding carboxylic acids is 1. The summed E-state index contributed by atoms with van der Waals surface area (Å²) in [6.45, 7) is 11.9. The number of rotatable bonds is 8. The molecule has 0 N–H and O–H groups in total. The van der Waals surface area contributed by atoms with Crippen LogP contribution in [-0.2, 0) is 9.53 Å². The van der Waals surface area contributed by atoms with Crippen molar-refractivity contribution in [3.63, 3.8) is 0 Å². The van der Waals surface area contributed by atoms with Crippen molar-refractivity contribution >= 4 is 12.0 Å². The second-order valence-corrected chi connectivity index (χ2v) is 6.02. The van der Waals surface area contributed by atoms with E-state index in [0.29, 0.717) is 18.1 Å². The van der Waals surface area contributed by atoms with Crippen LogP contribution in [-0.4, -0.2) is 24.8 Å². The average Bonchev–Trinajstić information content (AvgIpc) is 2.43. The molecular weight excluding hydrogens is 280 g/mol. The fourth-order valence-corrected chi connectivity index (χ4v) is 1.73. The summed E-state index contributed by atoms with van der Waals surface area (Å²) in [7, 11) is 0. The zero-order valence-electron chi connectivity index (χ0n) is 14.0. The van der Waals surface area contributed by atoms with E-state index in [9.17, 15) is 4.79 Å². The van der Waals surface area contributed by atoms with Crippen LogP contribution in [0.2, 0.25) is 0 Å². The third-order valence-electron chi connectivity index (χ3n) is 2.68. The summed E-state index contributed by atoms with van der Waals surface area (Å²) < 4.78 is 16.4. The highest BCUT2D eigenvalue weighted by molar-refractivity contribution is 5.71. The summed E-state index contributed by atoms with van der Waals surface area (Å²) in [5, 5.41) is 0. The monoisotopic (exact) mass is 306 g/mol. The first-order valence-electron chi connectivity index (χ1n) is 7.59. The predicted octanol–water partition coefficient (Wildman–Crippen LogP) is 4.23. The van der Waals surface area contributed by atoms with Gasteiger partial charge in [0.05, 0.1) is 6.61 Å². The number of esters is 1. The molecule has 1 aromatic rings. The molecule has 0 aliphatic heterocycles. The Morgan fingerprint density at radius 1 is 1.18 bits per heavy atom. The SMILES string of the molecule is C=Cc1cc(OCCCC)cc(OCC(=O)OC(C)(C)C)c1. The lowest BCUT2D eigenvalue weighted by Gasteiger charge is -2.19. The Morgan fingerprint density at radius 2 is 1.82 bits per heavy atom. The number of benzene rings is 1. The molecule has 0 radical (unpaired) electrons. The zero-order chi connectivity index (χ0) is 16.6. The van der Waals surface area contributed by atoms with Crippen molar-refractivity contribution in [3.8, 4) is 11.5 Å². The number of ether oxygens (including phenoxy) is 3. The lowest BCUT2D eigenvalue weighted by molar-refractivity contribution is -0.157. The quantitative estimate of drug-likeness (QED) is 0.532. The molecule has 0 spiro atoms. The smallest absolute Gasteiger partial charge is 0.344 e. The van der Waals surface area contributed by atoms with Gasteiger partial charge in [0.2, 0.25) is 0 Å². The van der Waals surface area contributed by atoms with Crippen LogP contribution in [0.5, 0.6) is 11.5 Å². The van der Waals surface area contributed by atoms with Gasteiger partial charge in [0.15, 0.2) is 6.61 Å². The van der Waals surface area contributed by atoms with Gasteiger partial charge in [-0.25, -0.2) is 4.79 Å². The van der Waals surface area contributed by atoms with Crippen molar-refractivity contribution in [2.75, 3.05) is 13.2 Å². The van der Waals surface area contributed by atoms with Gasteiger partial charge in [0.1, 0.15) is 17.1 Å². The molecule has 0 fully saturated rings. The Hall–Kier alpha value is -1.97. The third-order valence-corrected chi connectivity index (χ3v) is 2.68. The maximum absolute atomic E-state index is 11.7. The maximum atomic E-state index is 11.7. The van der Waals surface area contributed by atoms with Gasteiger partial charge in [-0.2, -0.15) is 0 Å². The normalized spacial score (nSPS) is 10.9. The Kier molecular flexibility index (Phi) is 6.96. The Labute approximate surface area is 133 Å². The van der Waals surface area contributed by atoms with Crippen molar-refractivity contribution in [1.29, 1.82) is 0 Å². The largest absolute Gasteiger partial charge is 0.493 e. The van der Waals surface area contributed by atoms with Gasteiger partial charge in [-0.1, -0.05) is 26.0 Å². The van der Waals surface area contributed by atoms with E-state index in [1.807, 2.05) is 32.9 Å². The highest BCUT2D eigenvalue weighted by atomic mass is 16.6. The molecule has 0 amide bonds. The standard InChI is InChI=1S/C18H26O4/c1-6-8-9-20-15-10-14(7-2)11-16(12-15)21-13-17(19)22-18(3,4)5/h7,10-12H,2,6,8-9,13H2,1,3-5H3. The number of hydrogen-bond donors (Lipinski definition) is 0. The Bertz CT molecular complexity index is 500. The van der Waals surface area contributed by atoms with Crippen LogP contribution >= 0.6 is 0 Å². The minimum atomic E-state index is -0.516. The maximum Gasteiger partial charge on any atom is 0.344 e. The topological polar surface area (TPSA) is 44.8 Å². The minimum Gasteiger partial charge on any atom is -0.493 e. The van der Waals surface area contributed by atoms with Gasteiger partial charge < -0.3 is 14.2 Å². The van der Waals surface area contributed by atoms with Gasteiger partial charge in [-0.05, 0) is 44.9 Å². The van der Waals surface area contributed by atoms with E-state index in [2.05, 4.69) is 13.5 Å². The van der Waals surface area contributed by atoms with Gasteiger partial charge >= 0.3 is 5.97 Å². The molecule has 0 aromatic heterocycles. The summed E-state index contributed by atoms with van der Waals surface area (Å²) in [4.78, 5) is 11.7. The summed E-state index contributed by atoms with van der Waals surface area (Å²) >= 11 is 0. The molecule has 0 aliphatic rings. The zero-order valence-corrected chi connectivity index (χ0v) is 14.0. The predicted molar refractivity (Wildman–Crippen MR) is 88.3 cm³/mol. The fourth-order valence-electron chi connectivity index (χ4n) is 1.73. The van der Waals surface area contributed by atoms with Gasteiger partial charge in [-0.15, -0.1) is 0 Å². The third kappa shape index (κ3) is 7.16. The molecule has 0 aliphatic carbocycles. The Balaban J connectivity index is 2.67. The van der Waals surface area contributed by atoms with E-state index in [4.69, 9.17) is 14.2 Å². The minimum absolute atomic E-state index is 0.133. The highest BCUT2D eigenvalue weighted by Gasteiger charge is 2.16. The lowest BCUT2D eigenvalue weighted by Crippen LogP contribution is -2.27. The van der Waals surface area contributed by atoms with Crippen LogP contribution in [0, 0.1) is 0 Å². The molecule has 4 nitrogen and oxygen atoms in total. The van der Waals surface area contributed by atoms with E-state index in [0.717, 1.165) is 18.4 Å². The molecule has 0 unspecified atom stereocenters. The van der Waals surface area contributed by atoms with Crippen molar-refractivity contribution in [3.05, 3.63) is 30.3 Å². The van der Waals surface area contributed by atoms with Gasteiger partial charge in [-0.3, -0.25) is 0 Å². The summed E-state index contributed by atoms with van der Waals surface area (Å²) in [6.07, 6.45) is 3.78. The van der Waals surface area contributed by atoms with Crippen LogP contribution in [0.25, 0.3) is 6.08 Å². The molecule has 0 saturated heterocycles. The van der Waals surface area contributed by atoms with Crippen molar-refractivity contribution < 1.29 is 19.0 Å². The molecule has 1 aromatic carbocycles. The molecule has 0 atom stereocenters. The fraction of sp³-hybridized carbons (Fsp3) is 0.500. The molecule has 22 heavy (non-hydrogen) atoms. The van der Waals surface area contributed by atoms with Crippen molar-refractivity contribution in [2.24, 2.45) is 0 Å². The number of carbonyl (C=O) groups is 1. The highest BCUT2D eigenvalue weighted by Crippen LogP contribution is 2.24. The van der Waals surface area contributed by atoms with E-state index in [-0.39, 0.29) is 6.61 Å². The van der Waals surface area contributed by atoms with Crippen LogP contribution in [0.3, 0.4) is 0 Å². The molecule has 1 rings (SSSR count).